The lowest BCUT2D eigenvalue weighted by Crippen LogP contribution is -2.34. The average Bonchev–Trinajstić information content (AvgIpc) is 2.63. The second-order valence-electron chi connectivity index (χ2n) is 4.17. The van der Waals surface area contributed by atoms with Crippen molar-refractivity contribution in [1.29, 1.82) is 0 Å². The smallest absolute Gasteiger partial charge is 0.345 e. The number of nitrogens with two attached hydrogens (primary N) is 1. The van der Waals surface area contributed by atoms with Gasteiger partial charge in [0.15, 0.2) is 0 Å². The summed E-state index contributed by atoms with van der Waals surface area (Å²) in [5.41, 5.74) is 4.99. The standard InChI is InChI=1S/C10H17N5O2/c11-8(16)3-1-2-5-15-10(17)14-6-4-12-7-9(14)13-15/h12H,1-7H2,(H2,11,16). The molecule has 0 aromatic carbocycles. The van der Waals surface area contributed by atoms with Gasteiger partial charge in [0.05, 0.1) is 6.54 Å². The van der Waals surface area contributed by atoms with Gasteiger partial charge in [-0.05, 0) is 12.8 Å². The molecule has 0 fully saturated rings. The molecule has 94 valence electrons. The molecule has 2 rings (SSSR count). The van der Waals surface area contributed by atoms with Crippen molar-refractivity contribution in [3.63, 3.8) is 0 Å². The third kappa shape index (κ3) is 2.73. The summed E-state index contributed by atoms with van der Waals surface area (Å²) in [7, 11) is 0. The number of fused-ring (bicyclic) bond motifs is 1. The Morgan fingerprint density at radius 1 is 1.47 bits per heavy atom. The molecular formula is C10H17N5O2. The highest BCUT2D eigenvalue weighted by atomic mass is 16.2. The number of primary amides is 1. The molecule has 1 aromatic heterocycles. The minimum absolute atomic E-state index is 0.0550. The number of nitrogens with zero attached hydrogens (tertiary/aromatic N) is 3. The molecule has 2 heterocycles. The minimum atomic E-state index is -0.300. The largest absolute Gasteiger partial charge is 0.370 e. The maximum Gasteiger partial charge on any atom is 0.345 e. The zero-order valence-corrected chi connectivity index (χ0v) is 9.69. The van der Waals surface area contributed by atoms with Crippen LogP contribution in [0, 0.1) is 0 Å². The fourth-order valence-corrected chi connectivity index (χ4v) is 1.94. The van der Waals surface area contributed by atoms with Crippen LogP contribution in [-0.4, -0.2) is 26.8 Å². The highest BCUT2D eigenvalue weighted by molar-refractivity contribution is 5.73. The third-order valence-electron chi connectivity index (χ3n) is 2.84. The molecule has 1 aliphatic heterocycles. The van der Waals surface area contributed by atoms with Gasteiger partial charge in [0.25, 0.3) is 0 Å². The molecule has 0 atom stereocenters. The van der Waals surface area contributed by atoms with Crippen LogP contribution in [0.2, 0.25) is 0 Å². The van der Waals surface area contributed by atoms with Gasteiger partial charge in [-0.25, -0.2) is 9.48 Å². The summed E-state index contributed by atoms with van der Waals surface area (Å²) in [6, 6.07) is 0. The topological polar surface area (TPSA) is 94.9 Å². The summed E-state index contributed by atoms with van der Waals surface area (Å²) in [6.45, 7) is 2.67. The predicted molar refractivity (Wildman–Crippen MR) is 61.2 cm³/mol. The predicted octanol–water partition coefficient (Wildman–Crippen LogP) is -1.20. The number of nitrogens with one attached hydrogen (secondary N) is 1. The van der Waals surface area contributed by atoms with E-state index in [1.807, 2.05) is 0 Å². The lowest BCUT2D eigenvalue weighted by Gasteiger charge is -2.11. The van der Waals surface area contributed by atoms with E-state index >= 15 is 0 Å². The molecule has 7 nitrogen and oxygen atoms in total. The molecule has 17 heavy (non-hydrogen) atoms. The molecule has 0 spiro atoms. The van der Waals surface area contributed by atoms with E-state index in [0.29, 0.717) is 32.5 Å². The molecule has 0 saturated heterocycles. The zero-order valence-electron chi connectivity index (χ0n) is 9.69. The Labute approximate surface area is 98.6 Å². The van der Waals surface area contributed by atoms with Crippen LogP contribution in [0.15, 0.2) is 4.79 Å². The number of rotatable bonds is 5. The van der Waals surface area contributed by atoms with Crippen LogP contribution in [0.4, 0.5) is 0 Å². The summed E-state index contributed by atoms with van der Waals surface area (Å²) < 4.78 is 3.17. The van der Waals surface area contributed by atoms with E-state index in [2.05, 4.69) is 10.4 Å². The van der Waals surface area contributed by atoms with Gasteiger partial charge < -0.3 is 11.1 Å². The number of carbonyl (C=O) groups excluding carboxylic acids is 1. The van der Waals surface area contributed by atoms with Gasteiger partial charge in [-0.1, -0.05) is 0 Å². The molecule has 3 N–H and O–H groups in total. The number of unbranched alkanes of at least 4 members (excludes halogenated alkanes) is 1. The molecule has 0 unspecified atom stereocenters. The van der Waals surface area contributed by atoms with Crippen molar-refractivity contribution in [2.45, 2.75) is 38.9 Å². The second kappa shape index (κ2) is 5.13. The van der Waals surface area contributed by atoms with Crippen LogP contribution in [-0.2, 0) is 24.4 Å². The summed E-state index contributed by atoms with van der Waals surface area (Å²) in [5, 5.41) is 7.42. The van der Waals surface area contributed by atoms with Crippen molar-refractivity contribution in [1.82, 2.24) is 19.7 Å². The summed E-state index contributed by atoms with van der Waals surface area (Å²) in [4.78, 5) is 22.4. The Morgan fingerprint density at radius 2 is 2.29 bits per heavy atom. The van der Waals surface area contributed by atoms with Crippen LogP contribution >= 0.6 is 0 Å². The molecule has 7 heteroatoms. The van der Waals surface area contributed by atoms with E-state index < -0.39 is 0 Å². The highest BCUT2D eigenvalue weighted by Gasteiger charge is 2.15. The normalized spacial score (nSPS) is 14.6. The first-order chi connectivity index (χ1) is 8.18. The quantitative estimate of drug-likeness (QED) is 0.631. The fraction of sp³-hybridized carbons (Fsp3) is 0.700. The van der Waals surface area contributed by atoms with Crippen LogP contribution in [0.3, 0.4) is 0 Å². The number of hydrogen-bond donors (Lipinski definition) is 2. The average molecular weight is 239 g/mol. The lowest BCUT2D eigenvalue weighted by atomic mass is 10.2. The van der Waals surface area contributed by atoms with Crippen molar-refractivity contribution in [3.05, 3.63) is 16.3 Å². The SMILES string of the molecule is NC(=O)CCCCn1nc2n(c1=O)CCNC2. The highest BCUT2D eigenvalue weighted by Crippen LogP contribution is 2.00. The van der Waals surface area contributed by atoms with Crippen LogP contribution in [0.25, 0.3) is 0 Å². The van der Waals surface area contributed by atoms with E-state index in [0.717, 1.165) is 18.8 Å². The molecular weight excluding hydrogens is 222 g/mol. The van der Waals surface area contributed by atoms with E-state index in [4.69, 9.17) is 5.73 Å². The molecule has 0 radical (unpaired) electrons. The van der Waals surface area contributed by atoms with Crippen molar-refractivity contribution in [2.24, 2.45) is 5.73 Å². The molecule has 1 aromatic rings. The molecule has 0 saturated carbocycles. The third-order valence-corrected chi connectivity index (χ3v) is 2.84. The second-order valence-corrected chi connectivity index (χ2v) is 4.17. The Morgan fingerprint density at radius 3 is 3.00 bits per heavy atom. The van der Waals surface area contributed by atoms with Gasteiger partial charge in [-0.2, -0.15) is 5.10 Å². The number of aromatic nitrogens is 3. The number of hydrogen-bond acceptors (Lipinski definition) is 4. The number of amides is 1. The van der Waals surface area contributed by atoms with Gasteiger partial charge in [0.2, 0.25) is 5.91 Å². The lowest BCUT2D eigenvalue weighted by molar-refractivity contribution is -0.118. The Hall–Kier alpha value is -1.63. The number of carbonyl (C=O) groups is 1. The molecule has 0 aliphatic carbocycles. The Kier molecular flexibility index (Phi) is 3.58. The van der Waals surface area contributed by atoms with Crippen LogP contribution in [0.5, 0.6) is 0 Å². The Bertz CT molecular complexity index is 462. The fourth-order valence-electron chi connectivity index (χ4n) is 1.94. The molecule has 0 bridgehead atoms. The summed E-state index contributed by atoms with van der Waals surface area (Å²) >= 11 is 0. The van der Waals surface area contributed by atoms with E-state index in [-0.39, 0.29) is 11.6 Å². The Balaban J connectivity index is 1.95. The van der Waals surface area contributed by atoms with Gasteiger partial charge in [0, 0.05) is 26.1 Å². The molecule has 1 aliphatic rings. The zero-order chi connectivity index (χ0) is 12.3. The first-order valence-electron chi connectivity index (χ1n) is 5.84. The van der Waals surface area contributed by atoms with Crippen LogP contribution < -0.4 is 16.7 Å². The monoisotopic (exact) mass is 239 g/mol. The van der Waals surface area contributed by atoms with Crippen molar-refractivity contribution >= 4 is 5.91 Å². The van der Waals surface area contributed by atoms with E-state index in [1.54, 1.807) is 4.57 Å². The first-order valence-corrected chi connectivity index (χ1v) is 5.84. The van der Waals surface area contributed by atoms with Crippen LogP contribution in [0.1, 0.15) is 25.1 Å². The van der Waals surface area contributed by atoms with E-state index in [9.17, 15) is 9.59 Å². The van der Waals surface area contributed by atoms with Gasteiger partial charge >= 0.3 is 5.69 Å². The van der Waals surface area contributed by atoms with E-state index in [1.165, 1.54) is 4.68 Å². The van der Waals surface area contributed by atoms with Crippen molar-refractivity contribution < 1.29 is 4.79 Å². The summed E-state index contributed by atoms with van der Waals surface area (Å²) in [5.74, 6) is 0.488. The number of aryl methyl sites for hydroxylation is 1. The van der Waals surface area contributed by atoms with Crippen molar-refractivity contribution in [2.75, 3.05) is 6.54 Å². The van der Waals surface area contributed by atoms with Gasteiger partial charge in [0.1, 0.15) is 5.82 Å². The maximum absolute atomic E-state index is 11.9. The summed E-state index contributed by atoms with van der Waals surface area (Å²) in [6.07, 6.45) is 1.80. The first kappa shape index (κ1) is 11.8. The van der Waals surface area contributed by atoms with Gasteiger partial charge in [-0.15, -0.1) is 0 Å². The molecule has 1 amide bonds. The minimum Gasteiger partial charge on any atom is -0.370 e. The maximum atomic E-state index is 11.9. The van der Waals surface area contributed by atoms with Crippen molar-refractivity contribution in [3.8, 4) is 0 Å². The van der Waals surface area contributed by atoms with Gasteiger partial charge in [-0.3, -0.25) is 9.36 Å².